The summed E-state index contributed by atoms with van der Waals surface area (Å²) in [6.45, 7) is 4.43. The Labute approximate surface area is 187 Å². The zero-order valence-electron chi connectivity index (χ0n) is 19.0. The molecule has 164 valence electrons. The second kappa shape index (κ2) is 12.3. The molecular weight excluding hydrogens is 383 g/mol. The number of unbranched alkanes of at least 4 members (excludes halogenated alkanes) is 6. The fourth-order valence-electron chi connectivity index (χ4n) is 3.86. The highest BCUT2D eigenvalue weighted by Crippen LogP contribution is 2.23. The average molecular weight is 419 g/mol. The number of halogens is 1. The number of aryl methyl sites for hydroxylation is 2. The zero-order chi connectivity index (χ0) is 21.9. The number of nitrogens with zero attached hydrogens (tertiary/aromatic N) is 2. The van der Waals surface area contributed by atoms with E-state index in [9.17, 15) is 4.39 Å². The van der Waals surface area contributed by atoms with Gasteiger partial charge in [-0.25, -0.2) is 14.4 Å². The fourth-order valence-corrected chi connectivity index (χ4v) is 3.86. The minimum atomic E-state index is -0.151. The Hall–Kier alpha value is -2.55. The first-order valence-electron chi connectivity index (χ1n) is 11.9. The number of rotatable bonds is 12. The van der Waals surface area contributed by atoms with Crippen LogP contribution in [0.15, 0.2) is 54.9 Å². The Morgan fingerprint density at radius 3 is 1.97 bits per heavy atom. The quantitative estimate of drug-likeness (QED) is 0.277. The van der Waals surface area contributed by atoms with Gasteiger partial charge < -0.3 is 0 Å². The minimum Gasteiger partial charge on any atom is -0.236 e. The maximum absolute atomic E-state index is 14.6. The van der Waals surface area contributed by atoms with Gasteiger partial charge in [-0.2, -0.15) is 0 Å². The second-order valence-electron chi connectivity index (χ2n) is 8.42. The standard InChI is InChI=1S/C28H35FN2/c1-3-5-7-8-9-10-12-24-17-18-25(19-27(24)29)28-30-20-26(21-31-28)23-15-13-22(14-16-23)11-6-4-2/h13-21H,3-12H2,1-2H3. The van der Waals surface area contributed by atoms with Gasteiger partial charge >= 0.3 is 0 Å². The van der Waals surface area contributed by atoms with Gasteiger partial charge in [0.25, 0.3) is 0 Å². The van der Waals surface area contributed by atoms with E-state index in [0.29, 0.717) is 5.82 Å². The number of hydrogen-bond acceptors (Lipinski definition) is 2. The van der Waals surface area contributed by atoms with E-state index < -0.39 is 0 Å². The van der Waals surface area contributed by atoms with Crippen molar-refractivity contribution in [1.29, 1.82) is 0 Å². The molecule has 0 aliphatic rings. The predicted molar refractivity (Wildman–Crippen MR) is 129 cm³/mol. The van der Waals surface area contributed by atoms with Gasteiger partial charge in [0.2, 0.25) is 0 Å². The molecule has 0 atom stereocenters. The molecule has 0 bridgehead atoms. The van der Waals surface area contributed by atoms with E-state index in [4.69, 9.17) is 0 Å². The van der Waals surface area contributed by atoms with Crippen molar-refractivity contribution < 1.29 is 4.39 Å². The molecule has 0 N–H and O–H groups in total. The summed E-state index contributed by atoms with van der Waals surface area (Å²) < 4.78 is 14.6. The molecule has 31 heavy (non-hydrogen) atoms. The smallest absolute Gasteiger partial charge is 0.159 e. The van der Waals surface area contributed by atoms with E-state index in [1.165, 1.54) is 50.5 Å². The molecule has 0 saturated heterocycles. The van der Waals surface area contributed by atoms with Crippen molar-refractivity contribution in [3.8, 4) is 22.5 Å². The zero-order valence-corrected chi connectivity index (χ0v) is 19.0. The molecule has 0 amide bonds. The van der Waals surface area contributed by atoms with E-state index in [-0.39, 0.29) is 5.82 Å². The van der Waals surface area contributed by atoms with Crippen LogP contribution in [-0.4, -0.2) is 9.97 Å². The van der Waals surface area contributed by atoms with Crippen LogP contribution in [0, 0.1) is 5.82 Å². The van der Waals surface area contributed by atoms with Crippen LogP contribution in [-0.2, 0) is 12.8 Å². The summed E-state index contributed by atoms with van der Waals surface area (Å²) in [7, 11) is 0. The molecule has 1 heterocycles. The summed E-state index contributed by atoms with van der Waals surface area (Å²) >= 11 is 0. The molecule has 0 fully saturated rings. The van der Waals surface area contributed by atoms with Crippen molar-refractivity contribution in [2.75, 3.05) is 0 Å². The summed E-state index contributed by atoms with van der Waals surface area (Å²) in [6, 6.07) is 14.0. The van der Waals surface area contributed by atoms with Crippen LogP contribution >= 0.6 is 0 Å². The topological polar surface area (TPSA) is 25.8 Å². The third kappa shape index (κ3) is 6.99. The van der Waals surface area contributed by atoms with Gasteiger partial charge in [0.15, 0.2) is 5.82 Å². The lowest BCUT2D eigenvalue weighted by Gasteiger charge is -2.07. The molecular formula is C28H35FN2. The molecule has 1 aromatic heterocycles. The largest absolute Gasteiger partial charge is 0.236 e. The second-order valence-corrected chi connectivity index (χ2v) is 8.42. The first-order valence-corrected chi connectivity index (χ1v) is 11.9. The molecule has 2 nitrogen and oxygen atoms in total. The SMILES string of the molecule is CCCCCCCCc1ccc(-c2ncc(-c3ccc(CCCC)cc3)cn2)cc1F. The third-order valence-electron chi connectivity index (χ3n) is 5.87. The van der Waals surface area contributed by atoms with Crippen molar-refractivity contribution in [3.05, 3.63) is 71.8 Å². The Bertz CT molecular complexity index is 917. The Kier molecular flexibility index (Phi) is 9.20. The van der Waals surface area contributed by atoms with Crippen LogP contribution < -0.4 is 0 Å². The van der Waals surface area contributed by atoms with Crippen LogP contribution in [0.5, 0.6) is 0 Å². The Balaban J connectivity index is 1.59. The van der Waals surface area contributed by atoms with Gasteiger partial charge in [0, 0.05) is 23.5 Å². The van der Waals surface area contributed by atoms with E-state index in [1.54, 1.807) is 6.07 Å². The van der Waals surface area contributed by atoms with Crippen molar-refractivity contribution in [3.63, 3.8) is 0 Å². The monoisotopic (exact) mass is 418 g/mol. The lowest BCUT2D eigenvalue weighted by Crippen LogP contribution is -1.95. The number of hydrogen-bond donors (Lipinski definition) is 0. The molecule has 0 unspecified atom stereocenters. The van der Waals surface area contributed by atoms with Gasteiger partial charge in [0.05, 0.1) is 0 Å². The van der Waals surface area contributed by atoms with E-state index in [0.717, 1.165) is 41.5 Å². The van der Waals surface area contributed by atoms with E-state index >= 15 is 0 Å². The first kappa shape index (κ1) is 23.1. The summed E-state index contributed by atoms with van der Waals surface area (Å²) in [4.78, 5) is 8.99. The Morgan fingerprint density at radius 2 is 1.29 bits per heavy atom. The highest BCUT2D eigenvalue weighted by Gasteiger charge is 2.08. The van der Waals surface area contributed by atoms with Gasteiger partial charge in [-0.05, 0) is 48.4 Å². The van der Waals surface area contributed by atoms with Gasteiger partial charge in [0.1, 0.15) is 5.82 Å². The van der Waals surface area contributed by atoms with Crippen molar-refractivity contribution in [1.82, 2.24) is 9.97 Å². The lowest BCUT2D eigenvalue weighted by atomic mass is 10.0. The van der Waals surface area contributed by atoms with E-state index in [1.807, 2.05) is 24.5 Å². The molecule has 0 aliphatic heterocycles. The maximum Gasteiger partial charge on any atom is 0.159 e. The molecule has 0 saturated carbocycles. The molecule has 3 rings (SSSR count). The van der Waals surface area contributed by atoms with Crippen molar-refractivity contribution in [2.24, 2.45) is 0 Å². The molecule has 3 heteroatoms. The molecule has 0 spiro atoms. The lowest BCUT2D eigenvalue weighted by molar-refractivity contribution is 0.580. The van der Waals surface area contributed by atoms with Crippen molar-refractivity contribution >= 4 is 0 Å². The summed E-state index contributed by atoms with van der Waals surface area (Å²) in [5.74, 6) is 0.412. The van der Waals surface area contributed by atoms with Crippen LogP contribution in [0.1, 0.15) is 76.3 Å². The minimum absolute atomic E-state index is 0.151. The average Bonchev–Trinajstić information content (AvgIpc) is 2.81. The number of aromatic nitrogens is 2. The predicted octanol–water partition coefficient (Wildman–Crippen LogP) is 8.20. The summed E-state index contributed by atoms with van der Waals surface area (Å²) in [5.41, 5.74) is 4.96. The van der Waals surface area contributed by atoms with Crippen LogP contribution in [0.25, 0.3) is 22.5 Å². The third-order valence-corrected chi connectivity index (χ3v) is 5.87. The van der Waals surface area contributed by atoms with Crippen LogP contribution in [0.2, 0.25) is 0 Å². The molecule has 0 radical (unpaired) electrons. The molecule has 2 aromatic carbocycles. The van der Waals surface area contributed by atoms with Crippen molar-refractivity contribution in [2.45, 2.75) is 78.1 Å². The van der Waals surface area contributed by atoms with Crippen LogP contribution in [0.4, 0.5) is 4.39 Å². The highest BCUT2D eigenvalue weighted by atomic mass is 19.1. The summed E-state index contributed by atoms with van der Waals surface area (Å²) in [5, 5.41) is 0. The van der Waals surface area contributed by atoms with Crippen LogP contribution in [0.3, 0.4) is 0 Å². The fraction of sp³-hybridized carbons (Fsp3) is 0.429. The number of benzene rings is 2. The normalized spacial score (nSPS) is 11.1. The molecule has 0 aliphatic carbocycles. The van der Waals surface area contributed by atoms with E-state index in [2.05, 4.69) is 48.1 Å². The molecule has 3 aromatic rings. The first-order chi connectivity index (χ1) is 15.2. The van der Waals surface area contributed by atoms with Gasteiger partial charge in [-0.15, -0.1) is 0 Å². The highest BCUT2D eigenvalue weighted by molar-refractivity contribution is 5.64. The Morgan fingerprint density at radius 1 is 0.645 bits per heavy atom. The van der Waals surface area contributed by atoms with Gasteiger partial charge in [-0.1, -0.05) is 88.8 Å². The van der Waals surface area contributed by atoms with Gasteiger partial charge in [-0.3, -0.25) is 0 Å². The summed E-state index contributed by atoms with van der Waals surface area (Å²) in [6.07, 6.45) is 15.3. The maximum atomic E-state index is 14.6.